The molecule has 0 saturated carbocycles. The summed E-state index contributed by atoms with van der Waals surface area (Å²) in [6.07, 6.45) is -0.783. The predicted molar refractivity (Wildman–Crippen MR) is 137 cm³/mol. The van der Waals surface area contributed by atoms with Gasteiger partial charge in [0.1, 0.15) is 0 Å². The molecule has 6 rings (SSSR count). The van der Waals surface area contributed by atoms with Crippen LogP contribution in [-0.4, -0.2) is 4.98 Å². The highest BCUT2D eigenvalue weighted by molar-refractivity contribution is 6.13. The molecule has 164 valence electrons. The van der Waals surface area contributed by atoms with Crippen LogP contribution in [0.4, 0.5) is 8.78 Å². The van der Waals surface area contributed by atoms with Crippen LogP contribution in [0.2, 0.25) is 0 Å². The molecule has 1 aromatic heterocycles. The summed E-state index contributed by atoms with van der Waals surface area (Å²) in [5.41, 5.74) is 5.07. The smallest absolute Gasteiger partial charge is 0.256 e. The molecule has 0 unspecified atom stereocenters. The average Bonchev–Trinajstić information content (AvgIpc) is 2.88. The van der Waals surface area contributed by atoms with Gasteiger partial charge in [0, 0.05) is 22.7 Å². The Morgan fingerprint density at radius 3 is 2.15 bits per heavy atom. The summed E-state index contributed by atoms with van der Waals surface area (Å²) in [5.74, 6) is 0. The van der Waals surface area contributed by atoms with Gasteiger partial charge in [-0.15, -0.1) is 0 Å². The molecule has 0 radical (unpaired) electrons. The molecule has 34 heavy (non-hydrogen) atoms. The van der Waals surface area contributed by atoms with Crippen LogP contribution < -0.4 is 0 Å². The zero-order valence-corrected chi connectivity index (χ0v) is 18.6. The number of alkyl halides is 2. The van der Waals surface area contributed by atoms with E-state index in [0.29, 0.717) is 10.9 Å². The van der Waals surface area contributed by atoms with Crippen molar-refractivity contribution in [2.75, 3.05) is 0 Å². The van der Waals surface area contributed by atoms with Crippen molar-refractivity contribution in [3.8, 4) is 22.4 Å². The summed E-state index contributed by atoms with van der Waals surface area (Å²) in [5, 5.41) is 5.70. The minimum Gasteiger partial charge on any atom is -0.256 e. The van der Waals surface area contributed by atoms with Crippen LogP contribution in [0.5, 0.6) is 0 Å². The molecule has 0 saturated heterocycles. The van der Waals surface area contributed by atoms with E-state index in [4.69, 9.17) is 0 Å². The number of nitrogens with zero attached hydrogens (tertiary/aromatic N) is 1. The topological polar surface area (TPSA) is 12.9 Å². The first-order chi connectivity index (χ1) is 16.6. The number of aryl methyl sites for hydroxylation is 1. The Morgan fingerprint density at radius 2 is 1.32 bits per heavy atom. The molecule has 6 aromatic rings. The van der Waals surface area contributed by atoms with E-state index < -0.39 is 6.43 Å². The maximum absolute atomic E-state index is 13.9. The fraction of sp³-hybridized carbons (Fsp3) is 0.0645. The van der Waals surface area contributed by atoms with E-state index in [2.05, 4.69) is 60.4 Å². The van der Waals surface area contributed by atoms with Crippen LogP contribution in [0.1, 0.15) is 17.6 Å². The Bertz CT molecular complexity index is 1690. The Hall–Kier alpha value is -4.11. The van der Waals surface area contributed by atoms with Crippen LogP contribution in [-0.2, 0) is 0 Å². The van der Waals surface area contributed by atoms with Gasteiger partial charge in [-0.2, -0.15) is 0 Å². The lowest BCUT2D eigenvalue weighted by Crippen LogP contribution is -1.93. The third-order valence-corrected chi connectivity index (χ3v) is 6.70. The number of fused-ring (bicyclic) bond motifs is 4. The van der Waals surface area contributed by atoms with Gasteiger partial charge < -0.3 is 0 Å². The maximum atomic E-state index is 13.9. The molecule has 0 N–H and O–H groups in total. The lowest BCUT2D eigenvalue weighted by Gasteiger charge is -2.14. The Morgan fingerprint density at radius 1 is 0.618 bits per heavy atom. The molecule has 0 amide bonds. The number of halogens is 2. The van der Waals surface area contributed by atoms with Crippen molar-refractivity contribution in [2.45, 2.75) is 13.3 Å². The zero-order valence-electron chi connectivity index (χ0n) is 18.6. The van der Waals surface area contributed by atoms with Gasteiger partial charge in [0.2, 0.25) is 0 Å². The molecule has 1 heterocycles. The number of pyridine rings is 1. The van der Waals surface area contributed by atoms with E-state index in [1.54, 1.807) is 24.4 Å². The van der Waals surface area contributed by atoms with Gasteiger partial charge in [-0.25, -0.2) is 8.78 Å². The van der Waals surface area contributed by atoms with Gasteiger partial charge in [-0.1, -0.05) is 78.9 Å². The lowest BCUT2D eigenvalue weighted by atomic mass is 9.91. The van der Waals surface area contributed by atoms with Crippen molar-refractivity contribution in [2.24, 2.45) is 0 Å². The van der Waals surface area contributed by atoms with Crippen LogP contribution in [0.3, 0.4) is 0 Å². The van der Waals surface area contributed by atoms with Crippen LogP contribution in [0.25, 0.3) is 54.7 Å². The number of hydrogen-bond donors (Lipinski definition) is 0. The lowest BCUT2D eigenvalue weighted by molar-refractivity contribution is 0.153. The van der Waals surface area contributed by atoms with E-state index in [1.807, 2.05) is 30.3 Å². The van der Waals surface area contributed by atoms with Crippen molar-refractivity contribution in [1.29, 1.82) is 0 Å². The van der Waals surface area contributed by atoms with Gasteiger partial charge in [0.25, 0.3) is 6.43 Å². The molecule has 0 aliphatic heterocycles. The van der Waals surface area contributed by atoms with Gasteiger partial charge in [0.15, 0.2) is 0 Å². The van der Waals surface area contributed by atoms with Crippen molar-refractivity contribution in [3.05, 3.63) is 114 Å². The Balaban J connectivity index is 1.59. The highest BCUT2D eigenvalue weighted by Gasteiger charge is 2.16. The second-order valence-electron chi connectivity index (χ2n) is 8.61. The van der Waals surface area contributed by atoms with Crippen LogP contribution in [0, 0.1) is 6.92 Å². The summed E-state index contributed by atoms with van der Waals surface area (Å²) in [7, 11) is 0. The second-order valence-corrected chi connectivity index (χ2v) is 8.61. The standard InChI is InChI=1S/C31H21F2N/c1-19-23(20-7-3-2-4-8-20)11-13-26-24(19)12-14-28-27(26)15-16-34-30(28)22-17-21-9-5-6-10-25(21)29(18-22)31(32)33/h2-18,31H,1H3. The van der Waals surface area contributed by atoms with Crippen molar-refractivity contribution >= 4 is 32.3 Å². The van der Waals surface area contributed by atoms with Crippen LogP contribution in [0.15, 0.2) is 103 Å². The van der Waals surface area contributed by atoms with E-state index in [9.17, 15) is 8.78 Å². The van der Waals surface area contributed by atoms with Gasteiger partial charge in [0.05, 0.1) is 5.69 Å². The fourth-order valence-electron chi connectivity index (χ4n) is 5.04. The van der Waals surface area contributed by atoms with Crippen molar-refractivity contribution in [1.82, 2.24) is 4.98 Å². The molecule has 0 bridgehead atoms. The van der Waals surface area contributed by atoms with Crippen molar-refractivity contribution < 1.29 is 8.78 Å². The molecule has 5 aromatic carbocycles. The number of hydrogen-bond acceptors (Lipinski definition) is 1. The maximum Gasteiger partial charge on any atom is 0.264 e. The highest BCUT2D eigenvalue weighted by atomic mass is 19.3. The molecule has 0 aliphatic carbocycles. The molecule has 0 fully saturated rings. The van der Waals surface area contributed by atoms with Crippen LogP contribution >= 0.6 is 0 Å². The third kappa shape index (κ3) is 3.24. The van der Waals surface area contributed by atoms with E-state index >= 15 is 0 Å². The van der Waals surface area contributed by atoms with E-state index in [0.717, 1.165) is 27.2 Å². The van der Waals surface area contributed by atoms with Gasteiger partial charge in [-0.3, -0.25) is 4.98 Å². The second kappa shape index (κ2) is 8.03. The summed E-state index contributed by atoms with van der Waals surface area (Å²) >= 11 is 0. The normalized spacial score (nSPS) is 11.6. The Kier molecular flexibility index (Phi) is 4.84. The molecule has 0 spiro atoms. The summed E-state index contributed by atoms with van der Waals surface area (Å²) in [4.78, 5) is 4.63. The SMILES string of the molecule is Cc1c(-c2ccccc2)ccc2c1ccc1c(-c3cc(C(F)F)c4ccccc4c3)nccc12. The summed E-state index contributed by atoms with van der Waals surface area (Å²) < 4.78 is 27.8. The highest BCUT2D eigenvalue weighted by Crippen LogP contribution is 2.38. The molecule has 0 aliphatic rings. The monoisotopic (exact) mass is 445 g/mol. The largest absolute Gasteiger partial charge is 0.264 e. The number of benzene rings is 5. The predicted octanol–water partition coefficient (Wildman–Crippen LogP) is 9.12. The number of aromatic nitrogens is 1. The Labute approximate surface area is 196 Å². The zero-order chi connectivity index (χ0) is 23.2. The molecule has 0 atom stereocenters. The average molecular weight is 446 g/mol. The molecule has 1 nitrogen and oxygen atoms in total. The van der Waals surface area contributed by atoms with Gasteiger partial charge >= 0.3 is 0 Å². The van der Waals surface area contributed by atoms with E-state index in [1.165, 1.54) is 22.1 Å². The molecule has 3 heteroatoms. The molecular formula is C31H21F2N. The quantitative estimate of drug-likeness (QED) is 0.248. The summed E-state index contributed by atoms with van der Waals surface area (Å²) in [6, 6.07) is 31.7. The van der Waals surface area contributed by atoms with Crippen molar-refractivity contribution in [3.63, 3.8) is 0 Å². The summed E-state index contributed by atoms with van der Waals surface area (Å²) in [6.45, 7) is 2.15. The number of rotatable bonds is 3. The molecular weight excluding hydrogens is 424 g/mol. The third-order valence-electron chi connectivity index (χ3n) is 6.70. The minimum absolute atomic E-state index is 0.0380. The fourth-order valence-corrected chi connectivity index (χ4v) is 5.04. The first kappa shape index (κ1) is 20.5. The van der Waals surface area contributed by atoms with E-state index in [-0.39, 0.29) is 5.56 Å². The van der Waals surface area contributed by atoms with Gasteiger partial charge in [-0.05, 0) is 68.7 Å². The minimum atomic E-state index is -2.56. The first-order valence-electron chi connectivity index (χ1n) is 11.3. The first-order valence-corrected chi connectivity index (χ1v) is 11.3.